The fourth-order valence-corrected chi connectivity index (χ4v) is 4.20. The van der Waals surface area contributed by atoms with E-state index in [0.717, 1.165) is 5.56 Å². The third kappa shape index (κ3) is 1.45. The zero-order chi connectivity index (χ0) is 14.2. The van der Waals surface area contributed by atoms with Gasteiger partial charge in [-0.1, -0.05) is 47.6 Å². The highest BCUT2D eigenvalue weighted by atomic mass is 16.1. The number of rotatable bonds is 0. The molecule has 0 radical (unpaired) electrons. The molecule has 0 bridgehead atoms. The largest absolute Gasteiger partial charge is 0.294 e. The van der Waals surface area contributed by atoms with E-state index < -0.39 is 0 Å². The number of hydrogen-bond acceptors (Lipinski definition) is 1. The van der Waals surface area contributed by atoms with Crippen molar-refractivity contribution in [3.05, 3.63) is 34.4 Å². The summed E-state index contributed by atoms with van der Waals surface area (Å²) >= 11 is 0. The van der Waals surface area contributed by atoms with E-state index in [-0.39, 0.29) is 10.8 Å². The van der Waals surface area contributed by atoms with Crippen LogP contribution >= 0.6 is 0 Å². The minimum Gasteiger partial charge on any atom is -0.294 e. The van der Waals surface area contributed by atoms with Gasteiger partial charge in [0.2, 0.25) is 0 Å². The van der Waals surface area contributed by atoms with Gasteiger partial charge in [0.15, 0.2) is 5.78 Å². The molecule has 1 aromatic rings. The lowest BCUT2D eigenvalue weighted by atomic mass is 9.71. The summed E-state index contributed by atoms with van der Waals surface area (Å²) in [6.07, 6.45) is 0.689. The highest BCUT2D eigenvalue weighted by molar-refractivity contribution is 6.01. The highest BCUT2D eigenvalue weighted by Crippen LogP contribution is 2.55. The standard InChI is InChI=1S/C18H24O/c1-10-7-16(19)13-9-15-14(8-12(10)13)17(3,4)11(2)18(15,5)6/h8-11H,7H2,1-6H3/t10-,11+/m0/s1. The van der Waals surface area contributed by atoms with Crippen LogP contribution in [-0.2, 0) is 10.8 Å². The van der Waals surface area contributed by atoms with Crippen LogP contribution in [0, 0.1) is 5.92 Å². The van der Waals surface area contributed by atoms with Crippen molar-refractivity contribution in [2.75, 3.05) is 0 Å². The van der Waals surface area contributed by atoms with Crippen molar-refractivity contribution in [2.45, 2.75) is 64.7 Å². The molecule has 0 aromatic heterocycles. The zero-order valence-corrected chi connectivity index (χ0v) is 12.9. The molecular weight excluding hydrogens is 232 g/mol. The fourth-order valence-electron chi connectivity index (χ4n) is 4.20. The highest BCUT2D eigenvalue weighted by Gasteiger charge is 2.49. The van der Waals surface area contributed by atoms with Crippen molar-refractivity contribution in [3.8, 4) is 0 Å². The average Bonchev–Trinajstić information content (AvgIpc) is 2.67. The van der Waals surface area contributed by atoms with Crippen molar-refractivity contribution < 1.29 is 4.79 Å². The SMILES string of the molecule is C[C@H]1C(C)(C)c2cc3c(cc2C1(C)C)[C@@H](C)CC3=O. The Labute approximate surface area is 116 Å². The van der Waals surface area contributed by atoms with Crippen LogP contribution in [0.2, 0.25) is 0 Å². The van der Waals surface area contributed by atoms with Crippen LogP contribution in [-0.4, -0.2) is 5.78 Å². The Hall–Kier alpha value is -1.11. The Bertz CT molecular complexity index is 578. The predicted octanol–water partition coefficient (Wildman–Crippen LogP) is 4.58. The summed E-state index contributed by atoms with van der Waals surface area (Å²) in [6.45, 7) is 13.8. The molecule has 0 fully saturated rings. The van der Waals surface area contributed by atoms with Crippen LogP contribution in [0.25, 0.3) is 0 Å². The Morgan fingerprint density at radius 3 is 2.11 bits per heavy atom. The van der Waals surface area contributed by atoms with E-state index in [0.29, 0.717) is 24.0 Å². The third-order valence-electron chi connectivity index (χ3n) is 6.07. The molecule has 19 heavy (non-hydrogen) atoms. The van der Waals surface area contributed by atoms with Gasteiger partial charge < -0.3 is 0 Å². The molecule has 2 aliphatic rings. The maximum Gasteiger partial charge on any atom is 0.163 e. The summed E-state index contributed by atoms with van der Waals surface area (Å²) in [5, 5.41) is 0. The monoisotopic (exact) mass is 256 g/mol. The molecule has 1 heteroatoms. The molecule has 0 amide bonds. The second-order valence-corrected chi connectivity index (χ2v) is 7.68. The number of Topliss-reactive ketones (excluding diaryl/α,β-unsaturated/α-hetero) is 1. The fraction of sp³-hybridized carbons (Fsp3) is 0.611. The maximum atomic E-state index is 12.1. The number of carbonyl (C=O) groups is 1. The quantitative estimate of drug-likeness (QED) is 0.664. The summed E-state index contributed by atoms with van der Waals surface area (Å²) in [4.78, 5) is 12.1. The third-order valence-corrected chi connectivity index (χ3v) is 6.07. The van der Waals surface area contributed by atoms with Crippen LogP contribution in [0.15, 0.2) is 12.1 Å². The molecule has 1 nitrogen and oxygen atoms in total. The van der Waals surface area contributed by atoms with E-state index in [1.165, 1.54) is 16.7 Å². The first-order chi connectivity index (χ1) is 8.67. The topological polar surface area (TPSA) is 17.1 Å². The molecule has 1 aromatic carbocycles. The number of ketones is 1. The van der Waals surface area contributed by atoms with Crippen LogP contribution in [0.3, 0.4) is 0 Å². The lowest BCUT2D eigenvalue weighted by Crippen LogP contribution is -2.30. The molecule has 3 rings (SSSR count). The van der Waals surface area contributed by atoms with Crippen LogP contribution in [0.4, 0.5) is 0 Å². The van der Waals surface area contributed by atoms with Crippen molar-refractivity contribution in [3.63, 3.8) is 0 Å². The number of carbonyl (C=O) groups excluding carboxylic acids is 1. The lowest BCUT2D eigenvalue weighted by molar-refractivity contribution is 0.0990. The van der Waals surface area contributed by atoms with Crippen molar-refractivity contribution >= 4 is 5.78 Å². The minimum absolute atomic E-state index is 0.153. The molecule has 0 saturated heterocycles. The van der Waals surface area contributed by atoms with Crippen LogP contribution in [0.5, 0.6) is 0 Å². The van der Waals surface area contributed by atoms with E-state index in [1.54, 1.807) is 0 Å². The van der Waals surface area contributed by atoms with E-state index in [1.807, 2.05) is 0 Å². The summed E-state index contributed by atoms with van der Waals surface area (Å²) < 4.78 is 0. The molecule has 0 N–H and O–H groups in total. The van der Waals surface area contributed by atoms with Gasteiger partial charge in [-0.25, -0.2) is 0 Å². The first-order valence-electron chi connectivity index (χ1n) is 7.39. The van der Waals surface area contributed by atoms with E-state index >= 15 is 0 Å². The Kier molecular flexibility index (Phi) is 2.38. The van der Waals surface area contributed by atoms with Gasteiger partial charge in [-0.3, -0.25) is 4.79 Å². The summed E-state index contributed by atoms with van der Waals surface area (Å²) in [6, 6.07) is 4.55. The molecule has 102 valence electrons. The first-order valence-corrected chi connectivity index (χ1v) is 7.39. The van der Waals surface area contributed by atoms with Crippen molar-refractivity contribution in [1.82, 2.24) is 0 Å². The van der Waals surface area contributed by atoms with E-state index in [4.69, 9.17) is 0 Å². The number of benzene rings is 1. The first kappa shape index (κ1) is 12.9. The summed E-state index contributed by atoms with van der Waals surface area (Å²) in [5.74, 6) is 1.31. The predicted molar refractivity (Wildman–Crippen MR) is 79.0 cm³/mol. The van der Waals surface area contributed by atoms with Gasteiger partial charge in [0.1, 0.15) is 0 Å². The van der Waals surface area contributed by atoms with E-state index in [9.17, 15) is 4.79 Å². The Balaban J connectivity index is 2.30. The number of hydrogen-bond donors (Lipinski definition) is 0. The van der Waals surface area contributed by atoms with Gasteiger partial charge in [-0.15, -0.1) is 0 Å². The Morgan fingerprint density at radius 2 is 1.53 bits per heavy atom. The van der Waals surface area contributed by atoms with Crippen molar-refractivity contribution in [2.24, 2.45) is 5.92 Å². The molecule has 2 aliphatic carbocycles. The average molecular weight is 256 g/mol. The van der Waals surface area contributed by atoms with Crippen LogP contribution in [0.1, 0.15) is 80.9 Å². The normalized spacial score (nSPS) is 30.3. The second-order valence-electron chi connectivity index (χ2n) is 7.68. The van der Waals surface area contributed by atoms with Gasteiger partial charge in [0.05, 0.1) is 0 Å². The maximum absolute atomic E-state index is 12.1. The smallest absolute Gasteiger partial charge is 0.163 e. The minimum atomic E-state index is 0.153. The second kappa shape index (κ2) is 3.50. The van der Waals surface area contributed by atoms with Gasteiger partial charge in [-0.05, 0) is 45.4 Å². The van der Waals surface area contributed by atoms with Crippen LogP contribution < -0.4 is 0 Å². The lowest BCUT2D eigenvalue weighted by Gasteiger charge is -2.32. The van der Waals surface area contributed by atoms with Gasteiger partial charge in [0, 0.05) is 12.0 Å². The summed E-state index contributed by atoms with van der Waals surface area (Å²) in [7, 11) is 0. The molecule has 0 unspecified atom stereocenters. The molecular formula is C18H24O. The Morgan fingerprint density at radius 1 is 1.00 bits per heavy atom. The summed E-state index contributed by atoms with van der Waals surface area (Å²) in [5.41, 5.74) is 5.47. The molecule has 2 atom stereocenters. The molecule has 0 spiro atoms. The zero-order valence-electron chi connectivity index (χ0n) is 12.9. The molecule has 0 heterocycles. The van der Waals surface area contributed by atoms with Crippen molar-refractivity contribution in [1.29, 1.82) is 0 Å². The van der Waals surface area contributed by atoms with Gasteiger partial charge >= 0.3 is 0 Å². The van der Waals surface area contributed by atoms with Gasteiger partial charge in [-0.2, -0.15) is 0 Å². The number of fused-ring (bicyclic) bond motifs is 2. The molecule has 0 aliphatic heterocycles. The van der Waals surface area contributed by atoms with E-state index in [2.05, 4.69) is 53.7 Å². The van der Waals surface area contributed by atoms with Gasteiger partial charge in [0.25, 0.3) is 0 Å². The molecule has 0 saturated carbocycles.